The average molecular weight is 307 g/mol. The molecule has 3 aromatic rings. The number of hydrogen-bond donors (Lipinski definition) is 0. The summed E-state index contributed by atoms with van der Waals surface area (Å²) < 4.78 is 0. The maximum Gasteiger partial charge on any atom is 0.181 e. The summed E-state index contributed by atoms with van der Waals surface area (Å²) in [5.74, 6) is 0.153. The summed E-state index contributed by atoms with van der Waals surface area (Å²) in [6, 6.07) is 7.89. The van der Waals surface area contributed by atoms with E-state index in [2.05, 4.69) is 15.0 Å². The Labute approximate surface area is 131 Å². The van der Waals surface area contributed by atoms with Crippen molar-refractivity contribution < 1.29 is 4.79 Å². The zero-order valence-electron chi connectivity index (χ0n) is 11.8. The molecule has 0 aliphatic heterocycles. The first-order valence-electron chi connectivity index (χ1n) is 7.21. The van der Waals surface area contributed by atoms with Crippen LogP contribution in [0.4, 0.5) is 0 Å². The van der Waals surface area contributed by atoms with Crippen molar-refractivity contribution in [3.05, 3.63) is 54.1 Å². The fourth-order valence-corrected chi connectivity index (χ4v) is 3.52. The number of carbonyl (C=O) groups excluding carboxylic acids is 1. The lowest BCUT2D eigenvalue weighted by Crippen LogP contribution is -2.13. The summed E-state index contributed by atoms with van der Waals surface area (Å²) >= 11 is 1.57. The smallest absolute Gasteiger partial charge is 0.181 e. The molecule has 0 radical (unpaired) electrons. The van der Waals surface area contributed by atoms with E-state index in [0.717, 1.165) is 39.5 Å². The van der Waals surface area contributed by atoms with Crippen LogP contribution in [-0.4, -0.2) is 20.7 Å². The monoisotopic (exact) mass is 307 g/mol. The molecule has 0 amide bonds. The standard InChI is InChI=1S/C17H13N3OS/c21-14-5-1-3-11-6-7-13(20-16(11)14)15-10-19-17(22-15)12-4-2-8-18-9-12/h2,4,6-10H,1,3,5H2. The van der Waals surface area contributed by atoms with Gasteiger partial charge in [0.15, 0.2) is 5.78 Å². The molecule has 4 rings (SSSR count). The molecule has 4 nitrogen and oxygen atoms in total. The predicted octanol–water partition coefficient (Wildman–Crippen LogP) is 3.79. The first-order chi connectivity index (χ1) is 10.8. The molecule has 108 valence electrons. The van der Waals surface area contributed by atoms with E-state index < -0.39 is 0 Å². The summed E-state index contributed by atoms with van der Waals surface area (Å²) in [6.45, 7) is 0. The molecule has 0 saturated carbocycles. The molecule has 0 fully saturated rings. The molecule has 0 atom stereocenters. The highest BCUT2D eigenvalue weighted by molar-refractivity contribution is 7.18. The summed E-state index contributed by atoms with van der Waals surface area (Å²) in [5.41, 5.74) is 3.52. The average Bonchev–Trinajstić information content (AvgIpc) is 3.06. The van der Waals surface area contributed by atoms with Gasteiger partial charge < -0.3 is 0 Å². The third kappa shape index (κ3) is 2.33. The number of carbonyl (C=O) groups is 1. The minimum Gasteiger partial charge on any atom is -0.292 e. The van der Waals surface area contributed by atoms with Crippen molar-refractivity contribution >= 4 is 17.1 Å². The second kappa shape index (κ2) is 5.42. The molecule has 3 aromatic heterocycles. The number of hydrogen-bond acceptors (Lipinski definition) is 5. The molecule has 0 saturated heterocycles. The lowest BCUT2D eigenvalue weighted by atomic mass is 9.95. The Hall–Kier alpha value is -2.40. The number of aromatic nitrogens is 3. The quantitative estimate of drug-likeness (QED) is 0.723. The van der Waals surface area contributed by atoms with Gasteiger partial charge in [-0.2, -0.15) is 0 Å². The van der Waals surface area contributed by atoms with Crippen LogP contribution in [-0.2, 0) is 6.42 Å². The Morgan fingerprint density at radius 3 is 2.91 bits per heavy atom. The molecule has 0 unspecified atom stereocenters. The minimum absolute atomic E-state index is 0.153. The Morgan fingerprint density at radius 1 is 1.09 bits per heavy atom. The van der Waals surface area contributed by atoms with E-state index in [0.29, 0.717) is 12.1 Å². The highest BCUT2D eigenvalue weighted by Gasteiger charge is 2.19. The third-order valence-corrected chi connectivity index (χ3v) is 4.83. The fraction of sp³-hybridized carbons (Fsp3) is 0.176. The first-order valence-corrected chi connectivity index (χ1v) is 8.02. The highest BCUT2D eigenvalue weighted by Crippen LogP contribution is 2.32. The van der Waals surface area contributed by atoms with Crippen LogP contribution in [0.1, 0.15) is 28.9 Å². The summed E-state index contributed by atoms with van der Waals surface area (Å²) in [7, 11) is 0. The highest BCUT2D eigenvalue weighted by atomic mass is 32.1. The van der Waals surface area contributed by atoms with Crippen LogP contribution in [0, 0.1) is 0 Å². The largest absolute Gasteiger partial charge is 0.292 e. The van der Waals surface area contributed by atoms with Gasteiger partial charge in [-0.15, -0.1) is 11.3 Å². The maximum absolute atomic E-state index is 12.0. The molecule has 0 aromatic carbocycles. The molecule has 0 bridgehead atoms. The van der Waals surface area contributed by atoms with E-state index in [1.807, 2.05) is 30.5 Å². The molecule has 3 heterocycles. The molecule has 5 heteroatoms. The zero-order valence-corrected chi connectivity index (χ0v) is 12.6. The zero-order chi connectivity index (χ0) is 14.9. The van der Waals surface area contributed by atoms with Crippen molar-refractivity contribution in [1.29, 1.82) is 0 Å². The van der Waals surface area contributed by atoms with Crippen LogP contribution in [0.3, 0.4) is 0 Å². The van der Waals surface area contributed by atoms with Crippen LogP contribution in [0.25, 0.3) is 21.1 Å². The Bertz CT molecular complexity index is 842. The number of fused-ring (bicyclic) bond motifs is 1. The van der Waals surface area contributed by atoms with Gasteiger partial charge in [0, 0.05) is 30.6 Å². The lowest BCUT2D eigenvalue weighted by Gasteiger charge is -2.13. The van der Waals surface area contributed by atoms with E-state index in [1.54, 1.807) is 23.7 Å². The molecular formula is C17H13N3OS. The number of thiazole rings is 1. The molecule has 0 N–H and O–H groups in total. The van der Waals surface area contributed by atoms with Crippen molar-refractivity contribution in [3.63, 3.8) is 0 Å². The number of ketones is 1. The second-order valence-corrected chi connectivity index (χ2v) is 6.28. The van der Waals surface area contributed by atoms with Gasteiger partial charge in [-0.25, -0.2) is 9.97 Å². The number of nitrogens with zero attached hydrogens (tertiary/aromatic N) is 3. The van der Waals surface area contributed by atoms with Crippen LogP contribution in [0.15, 0.2) is 42.9 Å². The van der Waals surface area contributed by atoms with Crippen molar-refractivity contribution in [2.75, 3.05) is 0 Å². The number of pyridine rings is 2. The number of rotatable bonds is 2. The van der Waals surface area contributed by atoms with Crippen molar-refractivity contribution in [2.45, 2.75) is 19.3 Å². The Balaban J connectivity index is 1.73. The normalized spacial score (nSPS) is 13.9. The van der Waals surface area contributed by atoms with Crippen molar-refractivity contribution in [2.24, 2.45) is 0 Å². The molecule has 0 spiro atoms. The van der Waals surface area contributed by atoms with Crippen LogP contribution < -0.4 is 0 Å². The van der Waals surface area contributed by atoms with Gasteiger partial charge in [0.1, 0.15) is 10.7 Å². The van der Waals surface area contributed by atoms with E-state index >= 15 is 0 Å². The maximum atomic E-state index is 12.0. The minimum atomic E-state index is 0.153. The van der Waals surface area contributed by atoms with E-state index in [4.69, 9.17) is 0 Å². The SMILES string of the molecule is O=C1CCCc2ccc(-c3cnc(-c4cccnc4)s3)nc21. The van der Waals surface area contributed by atoms with Gasteiger partial charge in [-0.05, 0) is 36.6 Å². The molecule has 1 aliphatic carbocycles. The van der Waals surface area contributed by atoms with Gasteiger partial charge in [-0.3, -0.25) is 9.78 Å². The van der Waals surface area contributed by atoms with Gasteiger partial charge in [0.2, 0.25) is 0 Å². The second-order valence-electron chi connectivity index (χ2n) is 5.25. The molecule has 1 aliphatic rings. The fourth-order valence-electron chi connectivity index (χ4n) is 2.64. The summed E-state index contributed by atoms with van der Waals surface area (Å²) in [4.78, 5) is 26.1. The third-order valence-electron chi connectivity index (χ3n) is 3.76. The van der Waals surface area contributed by atoms with Gasteiger partial charge >= 0.3 is 0 Å². The van der Waals surface area contributed by atoms with E-state index in [-0.39, 0.29) is 5.78 Å². The van der Waals surface area contributed by atoms with E-state index in [1.165, 1.54) is 0 Å². The molecule has 22 heavy (non-hydrogen) atoms. The predicted molar refractivity (Wildman–Crippen MR) is 85.8 cm³/mol. The Kier molecular flexibility index (Phi) is 3.27. The van der Waals surface area contributed by atoms with E-state index in [9.17, 15) is 4.79 Å². The van der Waals surface area contributed by atoms with Gasteiger partial charge in [0.05, 0.1) is 10.6 Å². The summed E-state index contributed by atoms with van der Waals surface area (Å²) in [6.07, 6.45) is 7.83. The first kappa shape index (κ1) is 13.3. The van der Waals surface area contributed by atoms with Crippen LogP contribution in [0.5, 0.6) is 0 Å². The van der Waals surface area contributed by atoms with Crippen molar-refractivity contribution in [1.82, 2.24) is 15.0 Å². The Morgan fingerprint density at radius 2 is 2.05 bits per heavy atom. The van der Waals surface area contributed by atoms with Gasteiger partial charge in [0.25, 0.3) is 0 Å². The van der Waals surface area contributed by atoms with Crippen molar-refractivity contribution in [3.8, 4) is 21.1 Å². The number of Topliss-reactive ketones (excluding diaryl/α,β-unsaturated/α-hetero) is 1. The molecular weight excluding hydrogens is 294 g/mol. The van der Waals surface area contributed by atoms with Crippen LogP contribution in [0.2, 0.25) is 0 Å². The number of aryl methyl sites for hydroxylation is 1. The van der Waals surface area contributed by atoms with Gasteiger partial charge in [-0.1, -0.05) is 6.07 Å². The van der Waals surface area contributed by atoms with Crippen LogP contribution >= 0.6 is 11.3 Å². The topological polar surface area (TPSA) is 55.7 Å². The summed E-state index contributed by atoms with van der Waals surface area (Å²) in [5, 5.41) is 0.911. The lowest BCUT2D eigenvalue weighted by molar-refractivity contribution is 0.0967.